The molecule has 5 nitrogen and oxygen atoms in total. The second-order valence-corrected chi connectivity index (χ2v) is 7.79. The highest BCUT2D eigenvalue weighted by atomic mass is 35.5. The summed E-state index contributed by atoms with van der Waals surface area (Å²) in [5.41, 5.74) is 3.14. The number of aryl methyl sites for hydroxylation is 1. The fraction of sp³-hybridized carbons (Fsp3) is 0.450. The minimum atomic E-state index is 0.210. The molecule has 3 heterocycles. The Labute approximate surface area is 159 Å². The van der Waals surface area contributed by atoms with Crippen LogP contribution in [-0.2, 0) is 6.54 Å². The molecule has 1 atom stereocenters. The molecule has 1 unspecified atom stereocenters. The molecular weight excluding hydrogens is 346 g/mol. The van der Waals surface area contributed by atoms with Crippen molar-refractivity contribution in [2.45, 2.75) is 46.2 Å². The van der Waals surface area contributed by atoms with Gasteiger partial charge in [0.2, 0.25) is 0 Å². The van der Waals surface area contributed by atoms with E-state index in [1.54, 1.807) is 6.33 Å². The second-order valence-electron chi connectivity index (χ2n) is 7.43. The summed E-state index contributed by atoms with van der Waals surface area (Å²) in [6.45, 7) is 8.23. The number of aromatic nitrogens is 4. The van der Waals surface area contributed by atoms with Crippen molar-refractivity contribution in [1.82, 2.24) is 19.7 Å². The molecule has 0 bridgehead atoms. The van der Waals surface area contributed by atoms with Gasteiger partial charge in [-0.15, -0.1) is 0 Å². The van der Waals surface area contributed by atoms with Gasteiger partial charge in [0.25, 0.3) is 0 Å². The molecule has 2 aromatic heterocycles. The summed E-state index contributed by atoms with van der Waals surface area (Å²) in [5.74, 6) is 1.50. The molecular formula is C20H24ClN5. The predicted octanol–water partition coefficient (Wildman–Crippen LogP) is 4.79. The van der Waals surface area contributed by atoms with Crippen LogP contribution in [0.2, 0.25) is 5.15 Å². The van der Waals surface area contributed by atoms with E-state index in [4.69, 9.17) is 16.7 Å². The Balaban J connectivity index is 1.77. The van der Waals surface area contributed by atoms with Crippen LogP contribution in [0.5, 0.6) is 0 Å². The average molecular weight is 370 g/mol. The Morgan fingerprint density at radius 3 is 2.85 bits per heavy atom. The van der Waals surface area contributed by atoms with Crippen LogP contribution in [0.1, 0.15) is 44.0 Å². The summed E-state index contributed by atoms with van der Waals surface area (Å²) in [6, 6.07) is 8.39. The van der Waals surface area contributed by atoms with Crippen LogP contribution < -0.4 is 4.90 Å². The number of nitrogens with zero attached hydrogens (tertiary/aromatic N) is 5. The maximum Gasteiger partial charge on any atom is 0.140 e. The third-order valence-corrected chi connectivity index (χ3v) is 5.43. The first-order valence-electron chi connectivity index (χ1n) is 9.25. The van der Waals surface area contributed by atoms with Gasteiger partial charge < -0.3 is 4.90 Å². The Hall–Kier alpha value is -2.14. The van der Waals surface area contributed by atoms with E-state index < -0.39 is 0 Å². The van der Waals surface area contributed by atoms with Gasteiger partial charge in [-0.05, 0) is 37.8 Å². The smallest absolute Gasteiger partial charge is 0.140 e. The van der Waals surface area contributed by atoms with Crippen LogP contribution in [-0.4, -0.2) is 26.3 Å². The third-order valence-electron chi connectivity index (χ3n) is 5.03. The molecule has 0 aliphatic carbocycles. The maximum absolute atomic E-state index is 6.77. The highest BCUT2D eigenvalue weighted by molar-refractivity contribution is 6.30. The molecule has 0 N–H and O–H groups in total. The number of para-hydroxylation sites is 1. The summed E-state index contributed by atoms with van der Waals surface area (Å²) < 4.78 is 1.95. The summed E-state index contributed by atoms with van der Waals surface area (Å²) >= 11 is 6.77. The van der Waals surface area contributed by atoms with E-state index in [9.17, 15) is 0 Å². The van der Waals surface area contributed by atoms with Crippen LogP contribution in [0.25, 0.3) is 10.9 Å². The molecule has 0 spiro atoms. The normalized spacial score (nSPS) is 17.6. The molecule has 136 valence electrons. The van der Waals surface area contributed by atoms with Gasteiger partial charge in [0.15, 0.2) is 0 Å². The van der Waals surface area contributed by atoms with Crippen molar-refractivity contribution < 1.29 is 0 Å². The van der Waals surface area contributed by atoms with Crippen molar-refractivity contribution in [3.8, 4) is 0 Å². The minimum Gasteiger partial charge on any atom is -0.349 e. The van der Waals surface area contributed by atoms with Crippen molar-refractivity contribution in [2.24, 2.45) is 5.92 Å². The van der Waals surface area contributed by atoms with Crippen LogP contribution in [0.4, 0.5) is 5.82 Å². The summed E-state index contributed by atoms with van der Waals surface area (Å²) in [6.07, 6.45) is 3.84. The van der Waals surface area contributed by atoms with Gasteiger partial charge in [-0.2, -0.15) is 5.10 Å². The van der Waals surface area contributed by atoms with Crippen molar-refractivity contribution in [3.63, 3.8) is 0 Å². The number of hydrogen-bond acceptors (Lipinski definition) is 4. The minimum absolute atomic E-state index is 0.210. The molecule has 1 saturated heterocycles. The fourth-order valence-corrected chi connectivity index (χ4v) is 4.32. The molecule has 3 aromatic rings. The third kappa shape index (κ3) is 2.94. The van der Waals surface area contributed by atoms with E-state index in [1.165, 1.54) is 0 Å². The number of fused-ring (bicyclic) bond motifs is 1. The Morgan fingerprint density at radius 2 is 2.04 bits per heavy atom. The first-order valence-corrected chi connectivity index (χ1v) is 9.63. The number of hydrogen-bond donors (Lipinski definition) is 0. The molecule has 26 heavy (non-hydrogen) atoms. The molecule has 4 rings (SSSR count). The Bertz CT molecular complexity index is 928. The van der Waals surface area contributed by atoms with Gasteiger partial charge in [-0.25, -0.2) is 9.97 Å². The Morgan fingerprint density at radius 1 is 1.23 bits per heavy atom. The molecule has 1 aliphatic rings. The van der Waals surface area contributed by atoms with E-state index >= 15 is 0 Å². The van der Waals surface area contributed by atoms with E-state index in [0.717, 1.165) is 59.1 Å². The lowest BCUT2D eigenvalue weighted by molar-refractivity contribution is 0.481. The zero-order valence-corrected chi connectivity index (χ0v) is 16.2. The molecule has 1 fully saturated rings. The lowest BCUT2D eigenvalue weighted by Crippen LogP contribution is -2.24. The number of halogens is 1. The summed E-state index contributed by atoms with van der Waals surface area (Å²) in [7, 11) is 0. The van der Waals surface area contributed by atoms with E-state index in [-0.39, 0.29) is 6.04 Å². The van der Waals surface area contributed by atoms with Crippen molar-refractivity contribution >= 4 is 28.3 Å². The lowest BCUT2D eigenvalue weighted by Gasteiger charge is -2.27. The van der Waals surface area contributed by atoms with Crippen LogP contribution >= 0.6 is 11.6 Å². The van der Waals surface area contributed by atoms with Gasteiger partial charge in [-0.1, -0.05) is 37.6 Å². The first kappa shape index (κ1) is 17.3. The Kier molecular flexibility index (Phi) is 4.57. The van der Waals surface area contributed by atoms with E-state index in [2.05, 4.69) is 41.7 Å². The van der Waals surface area contributed by atoms with Crippen LogP contribution in [0.3, 0.4) is 0 Å². The monoisotopic (exact) mass is 369 g/mol. The standard InChI is InChI=1S/C20H24ClN5/c1-13(2)11-26-19(21)18(14(3)24-26)17-9-6-10-25(17)20-15-7-4-5-8-16(15)22-12-23-20/h4-5,7-8,12-13,17H,6,9-11H2,1-3H3. The fourth-order valence-electron chi connectivity index (χ4n) is 3.95. The summed E-state index contributed by atoms with van der Waals surface area (Å²) in [5, 5.41) is 6.57. The molecule has 0 amide bonds. The topological polar surface area (TPSA) is 46.8 Å². The highest BCUT2D eigenvalue weighted by Gasteiger charge is 2.33. The number of anilines is 1. The number of rotatable bonds is 4. The van der Waals surface area contributed by atoms with Gasteiger partial charge in [0.1, 0.15) is 17.3 Å². The van der Waals surface area contributed by atoms with Gasteiger partial charge >= 0.3 is 0 Å². The zero-order valence-electron chi connectivity index (χ0n) is 15.5. The van der Waals surface area contributed by atoms with Crippen LogP contribution in [0, 0.1) is 12.8 Å². The summed E-state index contributed by atoms with van der Waals surface area (Å²) in [4.78, 5) is 11.4. The van der Waals surface area contributed by atoms with E-state index in [1.807, 2.05) is 22.9 Å². The predicted molar refractivity (Wildman–Crippen MR) is 106 cm³/mol. The lowest BCUT2D eigenvalue weighted by atomic mass is 10.1. The average Bonchev–Trinajstić information content (AvgIpc) is 3.18. The van der Waals surface area contributed by atoms with Gasteiger partial charge in [-0.3, -0.25) is 4.68 Å². The highest BCUT2D eigenvalue weighted by Crippen LogP contribution is 2.41. The van der Waals surface area contributed by atoms with Crippen LogP contribution in [0.15, 0.2) is 30.6 Å². The first-order chi connectivity index (χ1) is 12.6. The van der Waals surface area contributed by atoms with Gasteiger partial charge in [0, 0.05) is 24.0 Å². The molecule has 6 heteroatoms. The quantitative estimate of drug-likeness (QED) is 0.663. The van der Waals surface area contributed by atoms with E-state index in [0.29, 0.717) is 5.92 Å². The SMILES string of the molecule is Cc1nn(CC(C)C)c(Cl)c1C1CCCN1c1ncnc2ccccc12. The number of benzene rings is 1. The second kappa shape index (κ2) is 6.88. The molecule has 0 radical (unpaired) electrons. The van der Waals surface area contributed by atoms with Crippen molar-refractivity contribution in [3.05, 3.63) is 47.0 Å². The molecule has 1 aliphatic heterocycles. The molecule has 1 aromatic carbocycles. The maximum atomic E-state index is 6.77. The zero-order chi connectivity index (χ0) is 18.3. The molecule has 0 saturated carbocycles. The van der Waals surface area contributed by atoms with Gasteiger partial charge in [0.05, 0.1) is 17.3 Å². The largest absolute Gasteiger partial charge is 0.349 e. The van der Waals surface area contributed by atoms with Crippen molar-refractivity contribution in [1.29, 1.82) is 0 Å². The van der Waals surface area contributed by atoms with Crippen molar-refractivity contribution in [2.75, 3.05) is 11.4 Å².